The number of hydrogen-bond donors (Lipinski definition) is 2. The van der Waals surface area contributed by atoms with Gasteiger partial charge in [0.15, 0.2) is 5.78 Å². The highest BCUT2D eigenvalue weighted by Crippen LogP contribution is 2.44. The van der Waals surface area contributed by atoms with Crippen LogP contribution in [0.25, 0.3) is 0 Å². The molecule has 1 aliphatic carbocycles. The fraction of sp³-hybridized carbons (Fsp3) is 0.182. The molecule has 0 saturated heterocycles. The van der Waals surface area contributed by atoms with Gasteiger partial charge in [0.05, 0.1) is 23.2 Å². The topological polar surface area (TPSA) is 82.2 Å². The molecular weight excluding hydrogens is 416 g/mol. The number of nitrogens with one attached hydrogen (secondary N) is 1. The number of allylic oxidation sites excluding steroid dienone is 3. The van der Waals surface area contributed by atoms with E-state index in [1.807, 2.05) is 54.6 Å². The van der Waals surface area contributed by atoms with E-state index in [-0.39, 0.29) is 5.78 Å². The number of para-hydroxylation sites is 1. The molecule has 2 aromatic carbocycles. The summed E-state index contributed by atoms with van der Waals surface area (Å²) in [5.41, 5.74) is 13.4. The molecule has 0 spiro atoms. The van der Waals surface area contributed by atoms with Crippen molar-refractivity contribution in [2.45, 2.75) is 25.2 Å². The predicted molar refractivity (Wildman–Crippen MR) is 111 cm³/mol. The second-order valence-corrected chi connectivity index (χ2v) is 7.76. The van der Waals surface area contributed by atoms with Gasteiger partial charge in [0.1, 0.15) is 5.82 Å². The number of halogens is 1. The normalized spacial score (nSPS) is 19.4. The zero-order valence-corrected chi connectivity index (χ0v) is 16.7. The van der Waals surface area contributed by atoms with E-state index in [0.717, 1.165) is 34.3 Å². The summed E-state index contributed by atoms with van der Waals surface area (Å²) in [6, 6.07) is 19.6. The Morgan fingerprint density at radius 2 is 1.82 bits per heavy atom. The number of anilines is 1. The maximum absolute atomic E-state index is 13.0. The number of Topliss-reactive ketones (excluding diaryl/α,β-unsaturated/α-hetero) is 1. The Hall–Kier alpha value is -3.04. The van der Waals surface area contributed by atoms with Gasteiger partial charge in [-0.3, -0.25) is 10.2 Å². The van der Waals surface area contributed by atoms with Crippen LogP contribution < -0.4 is 11.2 Å². The molecule has 6 heteroatoms. The van der Waals surface area contributed by atoms with Gasteiger partial charge >= 0.3 is 0 Å². The van der Waals surface area contributed by atoms with E-state index in [2.05, 4.69) is 27.4 Å². The smallest absolute Gasteiger partial charge is 0.161 e. The van der Waals surface area contributed by atoms with Gasteiger partial charge in [-0.25, -0.2) is 5.01 Å². The second kappa shape index (κ2) is 7.53. The van der Waals surface area contributed by atoms with E-state index in [0.29, 0.717) is 23.4 Å². The first-order valence-corrected chi connectivity index (χ1v) is 9.92. The summed E-state index contributed by atoms with van der Waals surface area (Å²) >= 11 is 3.44. The molecule has 4 rings (SSSR count). The Labute approximate surface area is 172 Å². The molecule has 1 unspecified atom stereocenters. The number of nitriles is 1. The summed E-state index contributed by atoms with van der Waals surface area (Å²) in [5.74, 6) is -0.0169. The van der Waals surface area contributed by atoms with E-state index < -0.39 is 5.92 Å². The van der Waals surface area contributed by atoms with Crippen molar-refractivity contribution >= 4 is 27.4 Å². The van der Waals surface area contributed by atoms with Crippen LogP contribution in [-0.2, 0) is 4.79 Å². The third-order valence-electron chi connectivity index (χ3n) is 5.13. The van der Waals surface area contributed by atoms with Gasteiger partial charge in [0.25, 0.3) is 0 Å². The van der Waals surface area contributed by atoms with Crippen molar-refractivity contribution in [3.05, 3.63) is 87.3 Å². The summed E-state index contributed by atoms with van der Waals surface area (Å²) in [4.78, 5) is 13.0. The third-order valence-corrected chi connectivity index (χ3v) is 5.66. The van der Waals surface area contributed by atoms with Gasteiger partial charge in [-0.2, -0.15) is 5.26 Å². The van der Waals surface area contributed by atoms with Crippen molar-refractivity contribution in [2.75, 3.05) is 5.43 Å². The first-order valence-electron chi connectivity index (χ1n) is 9.13. The van der Waals surface area contributed by atoms with Crippen LogP contribution in [0.15, 0.2) is 81.7 Å². The monoisotopic (exact) mass is 434 g/mol. The summed E-state index contributed by atoms with van der Waals surface area (Å²) in [5, 5.41) is 11.6. The molecule has 0 radical (unpaired) electrons. The lowest BCUT2D eigenvalue weighted by Crippen LogP contribution is -2.41. The lowest BCUT2D eigenvalue weighted by atomic mass is 9.76. The molecule has 1 heterocycles. The van der Waals surface area contributed by atoms with Gasteiger partial charge in [-0.05, 0) is 42.7 Å². The number of nitrogens with two attached hydrogens (primary N) is 1. The summed E-state index contributed by atoms with van der Waals surface area (Å²) in [6.45, 7) is 0. The highest BCUT2D eigenvalue weighted by Gasteiger charge is 2.40. The molecule has 5 nitrogen and oxygen atoms in total. The van der Waals surface area contributed by atoms with Gasteiger partial charge in [-0.1, -0.05) is 46.3 Å². The SMILES string of the molecule is N#CC1=C(N)N(Nc2ccccc2)C2=C(C(=O)CCC2)C1c1ccc(Br)cc1. The minimum Gasteiger partial charge on any atom is -0.383 e. The van der Waals surface area contributed by atoms with Gasteiger partial charge < -0.3 is 5.73 Å². The molecule has 3 N–H and O–H groups in total. The van der Waals surface area contributed by atoms with Crippen LogP contribution in [0.4, 0.5) is 5.69 Å². The molecular formula is C22H19BrN4O. The van der Waals surface area contributed by atoms with Crippen molar-refractivity contribution in [1.82, 2.24) is 5.01 Å². The van der Waals surface area contributed by atoms with Crippen molar-refractivity contribution < 1.29 is 4.79 Å². The fourth-order valence-electron chi connectivity index (χ4n) is 3.84. The first kappa shape index (κ1) is 18.3. The van der Waals surface area contributed by atoms with E-state index in [4.69, 9.17) is 5.73 Å². The van der Waals surface area contributed by atoms with Gasteiger partial charge in [0, 0.05) is 22.2 Å². The maximum atomic E-state index is 13.0. The average Bonchev–Trinajstić information content (AvgIpc) is 2.71. The van der Waals surface area contributed by atoms with Gasteiger partial charge in [0.2, 0.25) is 0 Å². The van der Waals surface area contributed by atoms with Crippen molar-refractivity contribution in [2.24, 2.45) is 5.73 Å². The highest BCUT2D eigenvalue weighted by molar-refractivity contribution is 9.10. The summed E-state index contributed by atoms with van der Waals surface area (Å²) in [6.07, 6.45) is 1.99. The van der Waals surface area contributed by atoms with Crippen LogP contribution in [0.2, 0.25) is 0 Å². The lowest BCUT2D eigenvalue weighted by molar-refractivity contribution is -0.116. The molecule has 1 aliphatic heterocycles. The molecule has 0 bridgehead atoms. The van der Waals surface area contributed by atoms with Crippen LogP contribution in [-0.4, -0.2) is 10.8 Å². The number of carbonyl (C=O) groups is 1. The van der Waals surface area contributed by atoms with Gasteiger partial charge in [-0.15, -0.1) is 0 Å². The number of nitrogens with zero attached hydrogens (tertiary/aromatic N) is 2. The van der Waals surface area contributed by atoms with Crippen LogP contribution in [0.3, 0.4) is 0 Å². The standard InChI is InChI=1S/C22H19BrN4O/c23-15-11-9-14(10-12-15)20-17(13-24)22(25)27(26-16-5-2-1-3-6-16)18-7-4-8-19(28)21(18)20/h1-3,5-6,9-12,20,26H,4,7-8,25H2. The lowest BCUT2D eigenvalue weighted by Gasteiger charge is -2.39. The van der Waals surface area contributed by atoms with Crippen LogP contribution in [0.5, 0.6) is 0 Å². The Balaban J connectivity index is 1.86. The molecule has 0 saturated carbocycles. The number of hydrogen-bond acceptors (Lipinski definition) is 5. The summed E-state index contributed by atoms with van der Waals surface area (Å²) < 4.78 is 0.944. The van der Waals surface area contributed by atoms with Crippen LogP contribution in [0, 0.1) is 11.3 Å². The molecule has 0 aromatic heterocycles. The van der Waals surface area contributed by atoms with E-state index in [1.54, 1.807) is 5.01 Å². The van der Waals surface area contributed by atoms with E-state index in [9.17, 15) is 10.1 Å². The number of rotatable bonds is 3. The van der Waals surface area contributed by atoms with Crippen LogP contribution in [0.1, 0.15) is 30.7 Å². The summed E-state index contributed by atoms with van der Waals surface area (Å²) in [7, 11) is 0. The molecule has 0 amide bonds. The van der Waals surface area contributed by atoms with Crippen molar-refractivity contribution in [1.29, 1.82) is 5.26 Å². The zero-order valence-electron chi connectivity index (χ0n) is 15.2. The molecule has 28 heavy (non-hydrogen) atoms. The van der Waals surface area contributed by atoms with E-state index >= 15 is 0 Å². The van der Waals surface area contributed by atoms with E-state index in [1.165, 1.54) is 0 Å². The molecule has 1 atom stereocenters. The molecule has 2 aromatic rings. The van der Waals surface area contributed by atoms with Crippen molar-refractivity contribution in [3.63, 3.8) is 0 Å². The first-order chi connectivity index (χ1) is 13.6. The Kier molecular flexibility index (Phi) is 4.93. The number of carbonyl (C=O) groups excluding carboxylic acids is 1. The minimum atomic E-state index is -0.435. The second-order valence-electron chi connectivity index (χ2n) is 6.85. The maximum Gasteiger partial charge on any atom is 0.161 e. The molecule has 2 aliphatic rings. The minimum absolute atomic E-state index is 0.0780. The largest absolute Gasteiger partial charge is 0.383 e. The highest BCUT2D eigenvalue weighted by atomic mass is 79.9. The molecule has 140 valence electrons. The van der Waals surface area contributed by atoms with Crippen molar-refractivity contribution in [3.8, 4) is 6.07 Å². The quantitative estimate of drug-likeness (QED) is 0.738. The fourth-order valence-corrected chi connectivity index (χ4v) is 4.11. The number of ketones is 1. The Morgan fingerprint density at radius 1 is 1.11 bits per heavy atom. The zero-order chi connectivity index (χ0) is 19.7. The number of benzene rings is 2. The number of hydrazine groups is 1. The Morgan fingerprint density at radius 3 is 2.50 bits per heavy atom. The predicted octanol–water partition coefficient (Wildman–Crippen LogP) is 4.58. The third kappa shape index (κ3) is 3.19. The average molecular weight is 435 g/mol. The Bertz CT molecular complexity index is 1020. The van der Waals surface area contributed by atoms with Crippen LogP contribution >= 0.6 is 15.9 Å². The molecule has 0 fully saturated rings.